The molecule has 0 amide bonds. The Kier molecular flexibility index (Phi) is 2.89. The molecule has 0 bridgehead atoms. The Morgan fingerprint density at radius 3 is 2.38 bits per heavy atom. The van der Waals surface area contributed by atoms with Crippen LogP contribution in [-0.2, 0) is 6.42 Å². The molecule has 2 rings (SSSR count). The molecule has 1 saturated carbocycles. The molecule has 0 spiro atoms. The second-order valence-corrected chi connectivity index (χ2v) is 5.08. The summed E-state index contributed by atoms with van der Waals surface area (Å²) in [5.41, 5.74) is 7.33. The Morgan fingerprint density at radius 1 is 1.23 bits per heavy atom. The van der Waals surface area contributed by atoms with E-state index in [1.54, 1.807) is 0 Å². The maximum absolute atomic E-state index is 5.90. The second kappa shape index (κ2) is 3.96. The maximum Gasteiger partial charge on any atom is 0.0130 e. The smallest absolute Gasteiger partial charge is 0.0130 e. The number of hydrogen-bond donors (Lipinski definition) is 1. The highest BCUT2D eigenvalue weighted by molar-refractivity contribution is 14.1. The van der Waals surface area contributed by atoms with Gasteiger partial charge >= 0.3 is 0 Å². The minimum absolute atomic E-state index is 0.458. The third kappa shape index (κ3) is 2.23. The van der Waals surface area contributed by atoms with Crippen LogP contribution in [0, 0.1) is 9.49 Å². The molecule has 0 saturated heterocycles. The predicted octanol–water partition coefficient (Wildman–Crippen LogP) is 2.57. The van der Waals surface area contributed by atoms with Crippen LogP contribution in [0.3, 0.4) is 0 Å². The topological polar surface area (TPSA) is 26.0 Å². The summed E-state index contributed by atoms with van der Waals surface area (Å²) in [5.74, 6) is 0.736. The third-order valence-corrected chi connectivity index (χ3v) is 3.61. The highest BCUT2D eigenvalue weighted by Gasteiger charge is 2.26. The van der Waals surface area contributed by atoms with Gasteiger partial charge in [0, 0.05) is 9.61 Å². The van der Waals surface area contributed by atoms with E-state index in [2.05, 4.69) is 46.9 Å². The van der Waals surface area contributed by atoms with Gasteiger partial charge in [-0.3, -0.25) is 0 Å². The average molecular weight is 287 g/mol. The molecule has 13 heavy (non-hydrogen) atoms. The molecular weight excluding hydrogens is 273 g/mol. The molecule has 0 radical (unpaired) electrons. The van der Waals surface area contributed by atoms with E-state index >= 15 is 0 Å². The number of nitrogens with two attached hydrogens (primary N) is 1. The standard InChI is InChI=1S/C11H14IN/c12-10-4-1-8(2-5-10)7-9-3-6-11(9)13/h1-2,4-5,9,11H,3,6-7,13H2. The Bertz CT molecular complexity index is 281. The third-order valence-electron chi connectivity index (χ3n) is 2.89. The molecule has 1 fully saturated rings. The zero-order valence-electron chi connectivity index (χ0n) is 7.54. The van der Waals surface area contributed by atoms with Gasteiger partial charge in [-0.05, 0) is 65.5 Å². The Labute approximate surface area is 92.9 Å². The summed E-state index contributed by atoms with van der Waals surface area (Å²) in [4.78, 5) is 0. The first-order chi connectivity index (χ1) is 6.25. The SMILES string of the molecule is NC1CCC1Cc1ccc(I)cc1. The van der Waals surface area contributed by atoms with Crippen LogP contribution in [0.15, 0.2) is 24.3 Å². The maximum atomic E-state index is 5.90. The van der Waals surface area contributed by atoms with Crippen molar-refractivity contribution in [2.45, 2.75) is 25.3 Å². The lowest BCUT2D eigenvalue weighted by Crippen LogP contribution is -2.40. The minimum Gasteiger partial charge on any atom is -0.327 e. The number of hydrogen-bond acceptors (Lipinski definition) is 1. The molecule has 2 heteroatoms. The van der Waals surface area contributed by atoms with E-state index < -0.39 is 0 Å². The van der Waals surface area contributed by atoms with Gasteiger partial charge in [0.15, 0.2) is 0 Å². The first kappa shape index (κ1) is 9.46. The van der Waals surface area contributed by atoms with Crippen molar-refractivity contribution in [2.75, 3.05) is 0 Å². The summed E-state index contributed by atoms with van der Waals surface area (Å²) in [7, 11) is 0. The molecule has 70 valence electrons. The molecule has 0 heterocycles. The van der Waals surface area contributed by atoms with Crippen molar-refractivity contribution in [1.82, 2.24) is 0 Å². The molecule has 2 unspecified atom stereocenters. The van der Waals surface area contributed by atoms with Crippen molar-refractivity contribution < 1.29 is 0 Å². The zero-order valence-corrected chi connectivity index (χ0v) is 9.70. The number of halogens is 1. The van der Waals surface area contributed by atoms with Gasteiger partial charge in [-0.25, -0.2) is 0 Å². The molecule has 1 aliphatic rings. The Hall–Kier alpha value is -0.0900. The molecule has 0 aliphatic heterocycles. The summed E-state index contributed by atoms with van der Waals surface area (Å²) >= 11 is 2.33. The molecule has 2 N–H and O–H groups in total. The van der Waals surface area contributed by atoms with E-state index in [4.69, 9.17) is 5.73 Å². The highest BCUT2D eigenvalue weighted by Crippen LogP contribution is 2.28. The van der Waals surface area contributed by atoms with Crippen LogP contribution < -0.4 is 5.73 Å². The van der Waals surface area contributed by atoms with Crippen molar-refractivity contribution in [3.63, 3.8) is 0 Å². The van der Waals surface area contributed by atoms with Crippen LogP contribution in [0.2, 0.25) is 0 Å². The molecule has 2 atom stereocenters. The van der Waals surface area contributed by atoms with Crippen molar-refractivity contribution in [3.8, 4) is 0 Å². The van der Waals surface area contributed by atoms with E-state index in [9.17, 15) is 0 Å². The van der Waals surface area contributed by atoms with E-state index in [-0.39, 0.29) is 0 Å². The summed E-state index contributed by atoms with van der Waals surface area (Å²) in [6.07, 6.45) is 3.69. The van der Waals surface area contributed by atoms with E-state index in [1.807, 2.05) is 0 Å². The molecule has 0 aromatic heterocycles. The fourth-order valence-corrected chi connectivity index (χ4v) is 2.13. The van der Waals surface area contributed by atoms with Crippen molar-refractivity contribution in [1.29, 1.82) is 0 Å². The van der Waals surface area contributed by atoms with Crippen LogP contribution >= 0.6 is 22.6 Å². The Morgan fingerprint density at radius 2 is 1.92 bits per heavy atom. The van der Waals surface area contributed by atoms with E-state index in [0.717, 1.165) is 12.3 Å². The Balaban J connectivity index is 1.98. The predicted molar refractivity (Wildman–Crippen MR) is 63.6 cm³/mol. The zero-order chi connectivity index (χ0) is 9.26. The van der Waals surface area contributed by atoms with Crippen molar-refractivity contribution >= 4 is 22.6 Å². The normalized spacial score (nSPS) is 26.9. The highest BCUT2D eigenvalue weighted by atomic mass is 127. The van der Waals surface area contributed by atoms with Gasteiger partial charge in [-0.1, -0.05) is 12.1 Å². The molecule has 1 nitrogen and oxygen atoms in total. The van der Waals surface area contributed by atoms with Crippen LogP contribution in [0.1, 0.15) is 18.4 Å². The van der Waals surface area contributed by atoms with Crippen molar-refractivity contribution in [3.05, 3.63) is 33.4 Å². The second-order valence-electron chi connectivity index (χ2n) is 3.83. The number of benzene rings is 1. The summed E-state index contributed by atoms with van der Waals surface area (Å²) in [6, 6.07) is 9.22. The lowest BCUT2D eigenvalue weighted by molar-refractivity contribution is 0.256. The lowest BCUT2D eigenvalue weighted by Gasteiger charge is -2.33. The quantitative estimate of drug-likeness (QED) is 0.831. The fraction of sp³-hybridized carbons (Fsp3) is 0.455. The van der Waals surface area contributed by atoms with Gasteiger partial charge < -0.3 is 5.73 Å². The lowest BCUT2D eigenvalue weighted by atomic mass is 9.76. The van der Waals surface area contributed by atoms with Crippen LogP contribution in [0.25, 0.3) is 0 Å². The summed E-state index contributed by atoms with van der Waals surface area (Å²) in [5, 5.41) is 0. The summed E-state index contributed by atoms with van der Waals surface area (Å²) < 4.78 is 1.30. The minimum atomic E-state index is 0.458. The van der Waals surface area contributed by atoms with Gasteiger partial charge in [0.25, 0.3) is 0 Å². The first-order valence-corrected chi connectivity index (χ1v) is 5.83. The van der Waals surface area contributed by atoms with E-state index in [0.29, 0.717) is 6.04 Å². The average Bonchev–Trinajstić information content (AvgIpc) is 2.15. The first-order valence-electron chi connectivity index (χ1n) is 4.76. The van der Waals surface area contributed by atoms with Crippen molar-refractivity contribution in [2.24, 2.45) is 11.7 Å². The van der Waals surface area contributed by atoms with Crippen LogP contribution in [0.5, 0.6) is 0 Å². The monoisotopic (exact) mass is 287 g/mol. The van der Waals surface area contributed by atoms with Gasteiger partial charge in [0.05, 0.1) is 0 Å². The van der Waals surface area contributed by atoms with Crippen LogP contribution in [-0.4, -0.2) is 6.04 Å². The number of rotatable bonds is 2. The molecular formula is C11H14IN. The summed E-state index contributed by atoms with van der Waals surface area (Å²) in [6.45, 7) is 0. The van der Waals surface area contributed by atoms with Gasteiger partial charge in [-0.15, -0.1) is 0 Å². The van der Waals surface area contributed by atoms with Gasteiger partial charge in [0.1, 0.15) is 0 Å². The van der Waals surface area contributed by atoms with Gasteiger partial charge in [-0.2, -0.15) is 0 Å². The molecule has 1 aromatic rings. The molecule has 1 aromatic carbocycles. The fourth-order valence-electron chi connectivity index (χ4n) is 1.77. The largest absolute Gasteiger partial charge is 0.327 e. The van der Waals surface area contributed by atoms with E-state index in [1.165, 1.54) is 22.0 Å². The molecule has 1 aliphatic carbocycles. The van der Waals surface area contributed by atoms with Gasteiger partial charge in [0.2, 0.25) is 0 Å². The van der Waals surface area contributed by atoms with Crippen LogP contribution in [0.4, 0.5) is 0 Å².